The van der Waals surface area contributed by atoms with Crippen molar-refractivity contribution in [1.82, 2.24) is 0 Å². The van der Waals surface area contributed by atoms with E-state index in [2.05, 4.69) is 0 Å². The molecule has 2 rings (SSSR count). The number of hydrogen-bond acceptors (Lipinski definition) is 2. The Balaban J connectivity index is 2.91. The number of nitrogens with zero attached hydrogens (tertiary/aromatic N) is 2. The molecule has 0 fully saturated rings. The van der Waals surface area contributed by atoms with E-state index in [1.54, 1.807) is 0 Å². The molecule has 1 atom stereocenters. The fourth-order valence-electron chi connectivity index (χ4n) is 2.33. The van der Waals surface area contributed by atoms with Crippen LogP contribution in [0.3, 0.4) is 0 Å². The van der Waals surface area contributed by atoms with Gasteiger partial charge in [-0.2, -0.15) is 10.5 Å². The van der Waals surface area contributed by atoms with E-state index in [-0.39, 0.29) is 0 Å². The zero-order valence-electron chi connectivity index (χ0n) is 12.6. The summed E-state index contributed by atoms with van der Waals surface area (Å²) >= 11 is 0. The summed E-state index contributed by atoms with van der Waals surface area (Å²) in [4.78, 5) is 0. The fraction of sp³-hybridized carbons (Fsp3) is 0.125. The highest BCUT2D eigenvalue weighted by atomic mass is 19.2. The van der Waals surface area contributed by atoms with Crippen LogP contribution >= 0.6 is 0 Å². The first kappa shape index (κ1) is 20.1. The lowest BCUT2D eigenvalue weighted by atomic mass is 9.89. The normalized spacial score (nSPS) is 11.8. The molecular weight excluding hydrogens is 391 g/mol. The average Bonchev–Trinajstić information content (AvgIpc) is 2.65. The highest BCUT2D eigenvalue weighted by Crippen LogP contribution is 2.37. The molecule has 27 heavy (non-hydrogen) atoms. The van der Waals surface area contributed by atoms with Gasteiger partial charge in [-0.1, -0.05) is 0 Å². The van der Waals surface area contributed by atoms with Crippen molar-refractivity contribution >= 4 is 0 Å². The van der Waals surface area contributed by atoms with Gasteiger partial charge in [-0.3, -0.25) is 0 Å². The van der Waals surface area contributed by atoms with Crippen LogP contribution in [0.15, 0.2) is 0 Å². The molecule has 0 bridgehead atoms. The maximum absolute atomic E-state index is 14.1. The fourth-order valence-corrected chi connectivity index (χ4v) is 2.33. The van der Waals surface area contributed by atoms with E-state index in [9.17, 15) is 39.5 Å². The van der Waals surface area contributed by atoms with Crippen molar-refractivity contribution in [3.63, 3.8) is 0 Å². The Labute approximate surface area is 144 Å². The molecule has 0 aliphatic rings. The Bertz CT molecular complexity index is 976. The summed E-state index contributed by atoms with van der Waals surface area (Å²) in [6, 6.07) is 2.08. The topological polar surface area (TPSA) is 47.6 Å². The average molecular weight is 394 g/mol. The summed E-state index contributed by atoms with van der Waals surface area (Å²) in [6.07, 6.45) is -1.13. The molecule has 0 spiro atoms. The predicted molar refractivity (Wildman–Crippen MR) is 69.3 cm³/mol. The molecule has 0 aromatic heterocycles. The number of rotatable bonds is 3. The van der Waals surface area contributed by atoms with Crippen LogP contribution < -0.4 is 0 Å². The number of hydrogen-bond donors (Lipinski definition) is 0. The quantitative estimate of drug-likeness (QED) is 0.432. The Kier molecular flexibility index (Phi) is 5.36. The second-order valence-electron chi connectivity index (χ2n) is 5.03. The van der Waals surface area contributed by atoms with Gasteiger partial charge in [0.05, 0.1) is 29.7 Å². The Morgan fingerprint density at radius 1 is 0.556 bits per heavy atom. The molecule has 0 aliphatic carbocycles. The van der Waals surface area contributed by atoms with Gasteiger partial charge < -0.3 is 0 Å². The van der Waals surface area contributed by atoms with Crippen LogP contribution in [0.2, 0.25) is 0 Å². The summed E-state index contributed by atoms with van der Waals surface area (Å²) in [5.74, 6) is -24.7. The maximum Gasteiger partial charge on any atom is 0.200 e. The van der Waals surface area contributed by atoms with Crippen LogP contribution in [0, 0.1) is 75.0 Å². The van der Waals surface area contributed by atoms with Crippen LogP contribution in [0.25, 0.3) is 0 Å². The zero-order valence-corrected chi connectivity index (χ0v) is 12.6. The van der Waals surface area contributed by atoms with Crippen LogP contribution in [-0.4, -0.2) is 0 Å². The molecule has 0 radical (unpaired) electrons. The van der Waals surface area contributed by atoms with E-state index in [1.165, 1.54) is 6.07 Å². The smallest absolute Gasteiger partial charge is 0.200 e. The van der Waals surface area contributed by atoms with Crippen molar-refractivity contribution in [2.45, 2.75) is 12.3 Å². The van der Waals surface area contributed by atoms with E-state index in [0.29, 0.717) is 0 Å². The monoisotopic (exact) mass is 394 g/mol. The minimum absolute atomic E-state index is 0.864. The largest absolute Gasteiger partial charge is 0.203 e. The highest BCUT2D eigenvalue weighted by molar-refractivity contribution is 5.44. The highest BCUT2D eigenvalue weighted by Gasteiger charge is 2.37. The summed E-state index contributed by atoms with van der Waals surface area (Å²) < 4.78 is 123. The van der Waals surface area contributed by atoms with Crippen LogP contribution in [0.1, 0.15) is 22.6 Å². The standard InChI is InChI=1S/C16H3F9N2/c17-8-4(1-2-26)9(18)11(20)6(10(8)19)5(3-27)7-12(21)14(23)16(25)15(24)13(7)22/h5H,1H2. The van der Waals surface area contributed by atoms with Crippen LogP contribution in [0.5, 0.6) is 0 Å². The lowest BCUT2D eigenvalue weighted by Gasteiger charge is -2.17. The number of halogens is 9. The van der Waals surface area contributed by atoms with E-state index in [0.717, 1.165) is 6.07 Å². The second kappa shape index (κ2) is 7.19. The molecule has 1 unspecified atom stereocenters. The zero-order chi connectivity index (χ0) is 20.6. The maximum atomic E-state index is 14.1. The first-order valence-corrected chi connectivity index (χ1v) is 6.72. The van der Waals surface area contributed by atoms with Crippen molar-refractivity contribution in [3.05, 3.63) is 69.0 Å². The van der Waals surface area contributed by atoms with E-state index in [4.69, 9.17) is 10.5 Å². The lowest BCUT2D eigenvalue weighted by Crippen LogP contribution is -2.17. The summed E-state index contributed by atoms with van der Waals surface area (Å²) in [5, 5.41) is 17.4. The molecule has 140 valence electrons. The molecule has 0 aliphatic heterocycles. The SMILES string of the molecule is N#CCc1c(F)c(F)c(C(C#N)c2c(F)c(F)c(F)c(F)c2F)c(F)c1F. The van der Waals surface area contributed by atoms with E-state index >= 15 is 0 Å². The Morgan fingerprint density at radius 2 is 0.889 bits per heavy atom. The van der Waals surface area contributed by atoms with Crippen molar-refractivity contribution in [1.29, 1.82) is 10.5 Å². The van der Waals surface area contributed by atoms with Gasteiger partial charge in [-0.15, -0.1) is 0 Å². The molecule has 2 aromatic rings. The van der Waals surface area contributed by atoms with Gasteiger partial charge in [0.1, 0.15) is 5.92 Å². The number of benzene rings is 2. The van der Waals surface area contributed by atoms with Crippen LogP contribution in [-0.2, 0) is 6.42 Å². The van der Waals surface area contributed by atoms with Gasteiger partial charge in [-0.05, 0) is 0 Å². The first-order chi connectivity index (χ1) is 12.6. The third kappa shape index (κ3) is 2.95. The Hall–Kier alpha value is -3.21. The van der Waals surface area contributed by atoms with Crippen molar-refractivity contribution in [3.8, 4) is 12.1 Å². The first-order valence-electron chi connectivity index (χ1n) is 6.72. The third-order valence-corrected chi connectivity index (χ3v) is 3.59. The van der Waals surface area contributed by atoms with Crippen molar-refractivity contribution < 1.29 is 39.5 Å². The summed E-state index contributed by atoms with van der Waals surface area (Å²) in [5.41, 5.74) is -5.26. The molecule has 0 N–H and O–H groups in total. The minimum atomic E-state index is -2.92. The second-order valence-corrected chi connectivity index (χ2v) is 5.03. The third-order valence-electron chi connectivity index (χ3n) is 3.59. The molecule has 0 saturated heterocycles. The minimum Gasteiger partial charge on any atom is -0.203 e. The molecule has 0 saturated carbocycles. The van der Waals surface area contributed by atoms with E-state index in [1.807, 2.05) is 0 Å². The van der Waals surface area contributed by atoms with Gasteiger partial charge in [0.15, 0.2) is 46.5 Å². The van der Waals surface area contributed by atoms with E-state index < -0.39 is 81.4 Å². The Morgan fingerprint density at radius 3 is 1.22 bits per heavy atom. The van der Waals surface area contributed by atoms with Gasteiger partial charge >= 0.3 is 0 Å². The van der Waals surface area contributed by atoms with Gasteiger partial charge in [0.25, 0.3) is 0 Å². The molecule has 2 aromatic carbocycles. The molecule has 0 heterocycles. The molecule has 11 heteroatoms. The van der Waals surface area contributed by atoms with Crippen LogP contribution in [0.4, 0.5) is 39.5 Å². The van der Waals surface area contributed by atoms with Crippen molar-refractivity contribution in [2.24, 2.45) is 0 Å². The predicted octanol–water partition coefficient (Wildman–Crippen LogP) is 4.66. The number of nitriles is 2. The molecule has 0 amide bonds. The molecule has 2 nitrogen and oxygen atoms in total. The van der Waals surface area contributed by atoms with Gasteiger partial charge in [-0.25, -0.2) is 39.5 Å². The lowest BCUT2D eigenvalue weighted by molar-refractivity contribution is 0.367. The van der Waals surface area contributed by atoms with Crippen molar-refractivity contribution in [2.75, 3.05) is 0 Å². The summed E-state index contributed by atoms with van der Waals surface area (Å²) in [7, 11) is 0. The molecular formula is C16H3F9N2. The van der Waals surface area contributed by atoms with Gasteiger partial charge in [0.2, 0.25) is 5.82 Å². The van der Waals surface area contributed by atoms with Gasteiger partial charge in [0, 0.05) is 5.56 Å². The summed E-state index contributed by atoms with van der Waals surface area (Å²) in [6.45, 7) is 0.